The SMILES string of the molecule is CCN(CC)C(=O)c1ccnc(CN)c1.Cl. The fourth-order valence-electron chi connectivity index (χ4n) is 1.42. The summed E-state index contributed by atoms with van der Waals surface area (Å²) < 4.78 is 0. The van der Waals surface area contributed by atoms with E-state index in [1.807, 2.05) is 13.8 Å². The van der Waals surface area contributed by atoms with Gasteiger partial charge in [-0.05, 0) is 26.0 Å². The molecule has 0 aliphatic rings. The van der Waals surface area contributed by atoms with Crippen LogP contribution in [0.25, 0.3) is 0 Å². The van der Waals surface area contributed by atoms with Gasteiger partial charge < -0.3 is 10.6 Å². The monoisotopic (exact) mass is 243 g/mol. The quantitative estimate of drug-likeness (QED) is 0.871. The Kier molecular flexibility index (Phi) is 6.69. The minimum Gasteiger partial charge on any atom is -0.339 e. The molecule has 0 spiro atoms. The van der Waals surface area contributed by atoms with Crippen LogP contribution in [-0.4, -0.2) is 28.9 Å². The van der Waals surface area contributed by atoms with Crippen molar-refractivity contribution >= 4 is 18.3 Å². The molecule has 90 valence electrons. The van der Waals surface area contributed by atoms with Crippen LogP contribution >= 0.6 is 12.4 Å². The molecule has 1 rings (SSSR count). The molecule has 5 heteroatoms. The summed E-state index contributed by atoms with van der Waals surface area (Å²) in [4.78, 5) is 17.8. The van der Waals surface area contributed by atoms with Gasteiger partial charge in [-0.25, -0.2) is 0 Å². The number of hydrogen-bond acceptors (Lipinski definition) is 3. The minimum atomic E-state index is 0. The minimum absolute atomic E-state index is 0. The molecule has 4 nitrogen and oxygen atoms in total. The van der Waals surface area contributed by atoms with Crippen LogP contribution in [0.4, 0.5) is 0 Å². The van der Waals surface area contributed by atoms with Gasteiger partial charge in [0.2, 0.25) is 0 Å². The predicted molar refractivity (Wildman–Crippen MR) is 66.6 cm³/mol. The van der Waals surface area contributed by atoms with Crippen LogP contribution in [0.2, 0.25) is 0 Å². The van der Waals surface area contributed by atoms with Crippen molar-refractivity contribution < 1.29 is 4.79 Å². The van der Waals surface area contributed by atoms with E-state index in [1.54, 1.807) is 23.2 Å². The van der Waals surface area contributed by atoms with E-state index in [-0.39, 0.29) is 18.3 Å². The van der Waals surface area contributed by atoms with E-state index in [9.17, 15) is 4.79 Å². The lowest BCUT2D eigenvalue weighted by atomic mass is 10.2. The lowest BCUT2D eigenvalue weighted by molar-refractivity contribution is 0.0772. The zero-order valence-corrected chi connectivity index (χ0v) is 10.5. The van der Waals surface area contributed by atoms with Gasteiger partial charge in [0.1, 0.15) is 0 Å². The first-order valence-corrected chi connectivity index (χ1v) is 5.17. The molecule has 0 radical (unpaired) electrons. The molecule has 0 aromatic carbocycles. The summed E-state index contributed by atoms with van der Waals surface area (Å²) in [6.07, 6.45) is 1.62. The first-order valence-electron chi connectivity index (χ1n) is 5.17. The number of aromatic nitrogens is 1. The molecule has 0 aliphatic heterocycles. The lowest BCUT2D eigenvalue weighted by Crippen LogP contribution is -2.30. The second kappa shape index (κ2) is 7.19. The van der Waals surface area contributed by atoms with E-state index in [4.69, 9.17) is 5.73 Å². The van der Waals surface area contributed by atoms with E-state index >= 15 is 0 Å². The van der Waals surface area contributed by atoms with Crippen LogP contribution < -0.4 is 5.73 Å². The van der Waals surface area contributed by atoms with Gasteiger partial charge in [-0.15, -0.1) is 12.4 Å². The number of hydrogen-bond donors (Lipinski definition) is 1. The van der Waals surface area contributed by atoms with Crippen molar-refractivity contribution in [3.05, 3.63) is 29.6 Å². The van der Waals surface area contributed by atoms with Gasteiger partial charge in [-0.2, -0.15) is 0 Å². The average Bonchev–Trinajstić information content (AvgIpc) is 2.30. The first kappa shape index (κ1) is 14.9. The van der Waals surface area contributed by atoms with E-state index in [0.29, 0.717) is 12.1 Å². The highest BCUT2D eigenvalue weighted by Crippen LogP contribution is 2.05. The van der Waals surface area contributed by atoms with E-state index < -0.39 is 0 Å². The summed E-state index contributed by atoms with van der Waals surface area (Å²) in [5.74, 6) is 0.0390. The summed E-state index contributed by atoms with van der Waals surface area (Å²) in [5, 5.41) is 0. The number of nitrogens with zero attached hydrogens (tertiary/aromatic N) is 2. The Hall–Kier alpha value is -1.13. The molecule has 0 unspecified atom stereocenters. The first-order chi connectivity index (χ1) is 7.22. The molecule has 1 heterocycles. The molecule has 0 aliphatic carbocycles. The number of carbonyl (C=O) groups is 1. The van der Waals surface area contributed by atoms with Crippen molar-refractivity contribution in [1.82, 2.24) is 9.88 Å². The Morgan fingerprint density at radius 3 is 2.56 bits per heavy atom. The third-order valence-electron chi connectivity index (χ3n) is 2.32. The highest BCUT2D eigenvalue weighted by atomic mass is 35.5. The summed E-state index contributed by atoms with van der Waals surface area (Å²) >= 11 is 0. The van der Waals surface area contributed by atoms with Crippen molar-refractivity contribution in [2.45, 2.75) is 20.4 Å². The smallest absolute Gasteiger partial charge is 0.253 e. The maximum absolute atomic E-state index is 11.9. The maximum atomic E-state index is 11.9. The van der Waals surface area contributed by atoms with Crippen LogP contribution in [0.1, 0.15) is 29.9 Å². The zero-order chi connectivity index (χ0) is 11.3. The molecular formula is C11H18ClN3O. The van der Waals surface area contributed by atoms with Crippen LogP contribution in [0, 0.1) is 0 Å². The Labute approximate surface area is 102 Å². The number of rotatable bonds is 4. The van der Waals surface area contributed by atoms with Gasteiger partial charge in [0, 0.05) is 31.4 Å². The molecule has 2 N–H and O–H groups in total. The Bertz CT molecular complexity index is 340. The van der Waals surface area contributed by atoms with E-state index in [0.717, 1.165) is 18.8 Å². The Balaban J connectivity index is 0.00000225. The Morgan fingerprint density at radius 1 is 1.44 bits per heavy atom. The molecule has 1 amide bonds. The molecule has 0 bridgehead atoms. The maximum Gasteiger partial charge on any atom is 0.253 e. The van der Waals surface area contributed by atoms with Crippen LogP contribution in [0.5, 0.6) is 0 Å². The van der Waals surface area contributed by atoms with Crippen molar-refractivity contribution in [1.29, 1.82) is 0 Å². The topological polar surface area (TPSA) is 59.2 Å². The van der Waals surface area contributed by atoms with Gasteiger partial charge in [0.25, 0.3) is 5.91 Å². The van der Waals surface area contributed by atoms with Gasteiger partial charge in [0.05, 0.1) is 5.69 Å². The van der Waals surface area contributed by atoms with Crippen LogP contribution in [-0.2, 0) is 6.54 Å². The summed E-state index contributed by atoms with van der Waals surface area (Å²) in [5.41, 5.74) is 6.88. The fourth-order valence-corrected chi connectivity index (χ4v) is 1.42. The number of pyridine rings is 1. The molecule has 0 saturated heterocycles. The standard InChI is InChI=1S/C11H17N3O.ClH/c1-3-14(4-2)11(15)9-5-6-13-10(7-9)8-12;/h5-7H,3-4,8,12H2,1-2H3;1H. The van der Waals surface area contributed by atoms with Gasteiger partial charge in [-0.1, -0.05) is 0 Å². The summed E-state index contributed by atoms with van der Waals surface area (Å²) in [7, 11) is 0. The van der Waals surface area contributed by atoms with Crippen molar-refractivity contribution in [3.63, 3.8) is 0 Å². The highest BCUT2D eigenvalue weighted by molar-refractivity contribution is 5.94. The largest absolute Gasteiger partial charge is 0.339 e. The van der Waals surface area contributed by atoms with Gasteiger partial charge >= 0.3 is 0 Å². The van der Waals surface area contributed by atoms with Crippen LogP contribution in [0.3, 0.4) is 0 Å². The third-order valence-corrected chi connectivity index (χ3v) is 2.32. The molecule has 0 saturated carbocycles. The fraction of sp³-hybridized carbons (Fsp3) is 0.455. The molecular weight excluding hydrogens is 226 g/mol. The second-order valence-corrected chi connectivity index (χ2v) is 3.22. The van der Waals surface area contributed by atoms with E-state index in [2.05, 4.69) is 4.98 Å². The van der Waals surface area contributed by atoms with Crippen molar-refractivity contribution in [2.24, 2.45) is 5.73 Å². The normalized spacial score (nSPS) is 9.44. The van der Waals surface area contributed by atoms with Gasteiger partial charge in [-0.3, -0.25) is 9.78 Å². The number of nitrogens with two attached hydrogens (primary N) is 1. The summed E-state index contributed by atoms with van der Waals surface area (Å²) in [6, 6.07) is 3.47. The Morgan fingerprint density at radius 2 is 2.06 bits per heavy atom. The van der Waals surface area contributed by atoms with E-state index in [1.165, 1.54) is 0 Å². The van der Waals surface area contributed by atoms with Gasteiger partial charge in [0.15, 0.2) is 0 Å². The van der Waals surface area contributed by atoms with Crippen LogP contribution in [0.15, 0.2) is 18.3 Å². The predicted octanol–water partition coefficient (Wildman–Crippen LogP) is 1.44. The average molecular weight is 244 g/mol. The lowest BCUT2D eigenvalue weighted by Gasteiger charge is -2.18. The second-order valence-electron chi connectivity index (χ2n) is 3.22. The summed E-state index contributed by atoms with van der Waals surface area (Å²) in [6.45, 7) is 5.73. The number of halogens is 1. The molecule has 1 aromatic heterocycles. The van der Waals surface area contributed by atoms with Crippen molar-refractivity contribution in [2.75, 3.05) is 13.1 Å². The number of amides is 1. The zero-order valence-electron chi connectivity index (χ0n) is 9.64. The highest BCUT2D eigenvalue weighted by Gasteiger charge is 2.12. The third kappa shape index (κ3) is 3.47. The molecule has 1 aromatic rings. The molecule has 0 atom stereocenters. The molecule has 16 heavy (non-hydrogen) atoms. The van der Waals surface area contributed by atoms with Crippen molar-refractivity contribution in [3.8, 4) is 0 Å². The molecule has 0 fully saturated rings. The number of carbonyl (C=O) groups excluding carboxylic acids is 1.